The Morgan fingerprint density at radius 3 is 2.96 bits per heavy atom. The van der Waals surface area contributed by atoms with E-state index in [1.54, 1.807) is 24.1 Å². The lowest BCUT2D eigenvalue weighted by Crippen LogP contribution is -2.31. The number of furan rings is 1. The number of thioether (sulfide) groups is 1. The minimum absolute atomic E-state index is 0.124. The van der Waals surface area contributed by atoms with Gasteiger partial charge in [-0.2, -0.15) is 0 Å². The number of fused-ring (bicyclic) bond motifs is 1. The molecule has 4 rings (SSSR count). The third-order valence-electron chi connectivity index (χ3n) is 5.03. The second-order valence-electron chi connectivity index (χ2n) is 6.80. The van der Waals surface area contributed by atoms with Gasteiger partial charge in [0.2, 0.25) is 0 Å². The van der Waals surface area contributed by atoms with Crippen molar-refractivity contribution in [2.75, 3.05) is 5.75 Å². The van der Waals surface area contributed by atoms with Gasteiger partial charge in [0.05, 0.1) is 24.4 Å². The summed E-state index contributed by atoms with van der Waals surface area (Å²) in [5.41, 5.74) is 3.41. The maximum absolute atomic E-state index is 13.7. The van der Waals surface area contributed by atoms with E-state index in [0.717, 1.165) is 39.8 Å². The van der Waals surface area contributed by atoms with E-state index in [4.69, 9.17) is 4.42 Å². The smallest absolute Gasteiger partial charge is 0.253 e. The van der Waals surface area contributed by atoms with E-state index in [2.05, 4.69) is 9.88 Å². The minimum atomic E-state index is -0.271. The molecule has 0 bridgehead atoms. The second kappa shape index (κ2) is 7.27. The van der Waals surface area contributed by atoms with Crippen molar-refractivity contribution in [1.82, 2.24) is 9.88 Å². The van der Waals surface area contributed by atoms with Crippen LogP contribution in [0.25, 0.3) is 0 Å². The van der Waals surface area contributed by atoms with Gasteiger partial charge in [-0.05, 0) is 62.2 Å². The molecule has 3 heterocycles. The van der Waals surface area contributed by atoms with E-state index < -0.39 is 0 Å². The molecule has 1 unspecified atom stereocenters. The first-order chi connectivity index (χ1) is 13.0. The summed E-state index contributed by atoms with van der Waals surface area (Å²) in [5.74, 6) is 1.35. The highest BCUT2D eigenvalue weighted by Crippen LogP contribution is 2.36. The molecule has 6 heteroatoms. The summed E-state index contributed by atoms with van der Waals surface area (Å²) in [4.78, 5) is 14.0. The first-order valence-corrected chi connectivity index (χ1v) is 9.93. The van der Waals surface area contributed by atoms with Crippen molar-refractivity contribution in [2.24, 2.45) is 0 Å². The van der Waals surface area contributed by atoms with Crippen LogP contribution in [0.4, 0.5) is 4.39 Å². The third kappa shape index (κ3) is 3.54. The van der Waals surface area contributed by atoms with Gasteiger partial charge in [-0.15, -0.1) is 11.8 Å². The number of amides is 1. The molecule has 1 N–H and O–H groups in total. The highest BCUT2D eigenvalue weighted by molar-refractivity contribution is 7.99. The van der Waals surface area contributed by atoms with Crippen molar-refractivity contribution >= 4 is 17.7 Å². The van der Waals surface area contributed by atoms with E-state index in [1.165, 1.54) is 12.1 Å². The zero-order valence-electron chi connectivity index (χ0n) is 15.3. The number of aromatic nitrogens is 1. The summed E-state index contributed by atoms with van der Waals surface area (Å²) in [6.07, 6.45) is 2.44. The summed E-state index contributed by atoms with van der Waals surface area (Å²) in [5, 5.41) is 3.10. The molecule has 1 aromatic carbocycles. The molecule has 140 valence electrons. The van der Waals surface area contributed by atoms with Crippen LogP contribution in [0.15, 0.2) is 52.0 Å². The van der Waals surface area contributed by atoms with Gasteiger partial charge in [0.25, 0.3) is 5.91 Å². The Hall–Kier alpha value is -2.47. The van der Waals surface area contributed by atoms with Crippen LogP contribution in [-0.2, 0) is 6.54 Å². The Labute approximate surface area is 161 Å². The number of benzene rings is 1. The van der Waals surface area contributed by atoms with Crippen LogP contribution in [0.3, 0.4) is 0 Å². The minimum Gasteiger partial charge on any atom is -0.467 e. The molecular formula is C21H21FN2O2S. The molecule has 4 nitrogen and oxygen atoms in total. The monoisotopic (exact) mass is 384 g/mol. The lowest BCUT2D eigenvalue weighted by Gasteiger charge is -2.26. The molecule has 2 aromatic heterocycles. The number of aryl methyl sites for hydroxylation is 1. The highest BCUT2D eigenvalue weighted by Gasteiger charge is 2.25. The number of carbonyl (C=O) groups excluding carboxylic acids is 1. The van der Waals surface area contributed by atoms with Crippen LogP contribution in [0.1, 0.15) is 45.5 Å². The van der Waals surface area contributed by atoms with Crippen molar-refractivity contribution < 1.29 is 13.6 Å². The van der Waals surface area contributed by atoms with Crippen LogP contribution in [0, 0.1) is 19.7 Å². The zero-order valence-corrected chi connectivity index (χ0v) is 16.1. The first-order valence-electron chi connectivity index (χ1n) is 8.95. The van der Waals surface area contributed by atoms with Gasteiger partial charge >= 0.3 is 0 Å². The van der Waals surface area contributed by atoms with Gasteiger partial charge in [-0.1, -0.05) is 0 Å². The summed E-state index contributed by atoms with van der Waals surface area (Å²) < 4.78 is 21.2. The van der Waals surface area contributed by atoms with Gasteiger partial charge in [-0.25, -0.2) is 4.39 Å². The fraction of sp³-hybridized carbons (Fsp3) is 0.286. The molecule has 0 aliphatic carbocycles. The number of nitrogens with one attached hydrogen (secondary N) is 1. The number of nitrogens with zero attached hydrogens (tertiary/aromatic N) is 1. The Bertz CT molecular complexity index is 978. The van der Waals surface area contributed by atoms with Gasteiger partial charge in [0.15, 0.2) is 0 Å². The Morgan fingerprint density at radius 2 is 2.19 bits per heavy atom. The largest absolute Gasteiger partial charge is 0.467 e. The predicted octanol–water partition coefficient (Wildman–Crippen LogP) is 4.85. The van der Waals surface area contributed by atoms with Crippen molar-refractivity contribution in [3.05, 3.63) is 76.8 Å². The molecule has 3 aromatic rings. The predicted molar refractivity (Wildman–Crippen MR) is 104 cm³/mol. The molecule has 0 radical (unpaired) electrons. The Balaban J connectivity index is 1.57. The van der Waals surface area contributed by atoms with Crippen LogP contribution in [0.2, 0.25) is 0 Å². The molecule has 27 heavy (non-hydrogen) atoms. The van der Waals surface area contributed by atoms with Crippen molar-refractivity contribution in [3.8, 4) is 0 Å². The van der Waals surface area contributed by atoms with Crippen LogP contribution >= 0.6 is 11.8 Å². The number of rotatable bonds is 4. The van der Waals surface area contributed by atoms with Crippen LogP contribution < -0.4 is 5.32 Å². The fourth-order valence-corrected chi connectivity index (χ4v) is 4.69. The van der Waals surface area contributed by atoms with Gasteiger partial charge in [0.1, 0.15) is 11.6 Å². The van der Waals surface area contributed by atoms with Gasteiger partial charge in [0, 0.05) is 22.0 Å². The molecule has 0 fully saturated rings. The second-order valence-corrected chi connectivity index (χ2v) is 7.93. The maximum Gasteiger partial charge on any atom is 0.253 e. The molecular weight excluding hydrogens is 363 g/mol. The summed E-state index contributed by atoms with van der Waals surface area (Å²) in [7, 11) is 0. The molecule has 1 aliphatic rings. The molecule has 0 saturated heterocycles. The highest BCUT2D eigenvalue weighted by atomic mass is 32.2. The standard InChI is InChI=1S/C21H21FN2O2S/c1-13-10-17(14(2)24(13)12-16-4-3-8-26-16)21(25)23-19-7-9-27-20-6-5-15(22)11-18(19)20/h3-6,8,10-11,19H,7,9,12H2,1-2H3,(H,23,25). The van der Waals surface area contributed by atoms with Crippen molar-refractivity contribution in [1.29, 1.82) is 0 Å². The fourth-order valence-electron chi connectivity index (χ4n) is 3.58. The van der Waals surface area contributed by atoms with E-state index in [0.29, 0.717) is 12.1 Å². The number of hydrogen-bond acceptors (Lipinski definition) is 3. The third-order valence-corrected chi connectivity index (χ3v) is 6.15. The van der Waals surface area contributed by atoms with Gasteiger partial charge in [-0.3, -0.25) is 4.79 Å². The molecule has 1 amide bonds. The van der Waals surface area contributed by atoms with Gasteiger partial charge < -0.3 is 14.3 Å². The first kappa shape index (κ1) is 17.9. The number of halogens is 1. The summed E-state index contributed by atoms with van der Waals surface area (Å²) >= 11 is 1.70. The van der Waals surface area contributed by atoms with Crippen LogP contribution in [-0.4, -0.2) is 16.2 Å². The average Bonchev–Trinajstić information content (AvgIpc) is 3.26. The van der Waals surface area contributed by atoms with Crippen LogP contribution in [0.5, 0.6) is 0 Å². The Morgan fingerprint density at radius 1 is 1.33 bits per heavy atom. The molecule has 0 saturated carbocycles. The molecule has 0 spiro atoms. The summed E-state index contributed by atoms with van der Waals surface area (Å²) in [6, 6.07) is 10.3. The van der Waals surface area contributed by atoms with E-state index in [-0.39, 0.29) is 17.8 Å². The average molecular weight is 384 g/mol. The Kier molecular flexibility index (Phi) is 4.83. The van der Waals surface area contributed by atoms with E-state index >= 15 is 0 Å². The lowest BCUT2D eigenvalue weighted by atomic mass is 10.0. The maximum atomic E-state index is 13.7. The van der Waals surface area contributed by atoms with E-state index in [1.807, 2.05) is 32.0 Å². The topological polar surface area (TPSA) is 47.2 Å². The van der Waals surface area contributed by atoms with Crippen molar-refractivity contribution in [3.63, 3.8) is 0 Å². The quantitative estimate of drug-likeness (QED) is 0.699. The number of carbonyl (C=O) groups is 1. The van der Waals surface area contributed by atoms with Crippen molar-refractivity contribution in [2.45, 2.75) is 37.8 Å². The lowest BCUT2D eigenvalue weighted by molar-refractivity contribution is 0.0934. The molecule has 1 aliphatic heterocycles. The SMILES string of the molecule is Cc1cc(C(=O)NC2CCSc3ccc(F)cc32)c(C)n1Cc1ccco1. The molecule has 1 atom stereocenters. The zero-order chi connectivity index (χ0) is 19.0. The normalized spacial score (nSPS) is 16.2. The number of hydrogen-bond donors (Lipinski definition) is 1. The summed E-state index contributed by atoms with van der Waals surface area (Å²) in [6.45, 7) is 4.51. The van der Waals surface area contributed by atoms with E-state index in [9.17, 15) is 9.18 Å².